The highest BCUT2D eigenvalue weighted by molar-refractivity contribution is 5.76. The first-order chi connectivity index (χ1) is 16.8. The van der Waals surface area contributed by atoms with E-state index in [1.165, 1.54) is 0 Å². The quantitative estimate of drug-likeness (QED) is 0.242. The molecular weight excluding hydrogens is 465 g/mol. The number of carbonyl (C=O) groups is 1. The topological polar surface area (TPSA) is 112 Å². The Morgan fingerprint density at radius 2 is 2.17 bits per heavy atom. The van der Waals surface area contributed by atoms with Crippen LogP contribution in [0.3, 0.4) is 0 Å². The summed E-state index contributed by atoms with van der Waals surface area (Å²) in [5.41, 5.74) is 5.94. The summed E-state index contributed by atoms with van der Waals surface area (Å²) in [6.45, 7) is -0.259. The first-order valence-electron chi connectivity index (χ1n) is 11.5. The Kier molecular flexibility index (Phi) is 8.06. The molecule has 4 rings (SSSR count). The first-order valence-corrected chi connectivity index (χ1v) is 11.5. The number of halogens is 3. The number of carbonyl (C=O) groups excluding carboxylic acids is 1. The number of rotatable bonds is 11. The van der Waals surface area contributed by atoms with Gasteiger partial charge in [0.1, 0.15) is 12.2 Å². The molecule has 0 radical (unpaired) electrons. The maximum atomic E-state index is 12.3. The number of hydrogen-bond donors (Lipinski definition) is 5. The SMILES string of the molecule is O=C(NCC(F)(F)F)NC1=CC=CC(c2cnc3cc(CNOCC(O)CNC4CC4)ccn23)C1. The second kappa shape index (κ2) is 11.2. The number of nitrogens with one attached hydrogen (secondary N) is 4. The standard InChI is InChI=1S/C23H29F3N6O3/c24-23(25,26)14-29-22(34)31-18-3-1-2-16(9-18)20-12-28-21-8-15(6-7-32(20)21)10-30-35-13-19(33)11-27-17-4-5-17/h1-3,6-8,12,16-17,19,27,30,33H,4-5,9-11,13-14H2,(H2,29,31,34). The van der Waals surface area contributed by atoms with Crippen molar-refractivity contribution in [1.82, 2.24) is 30.8 Å². The lowest BCUT2D eigenvalue weighted by Gasteiger charge is -2.19. The van der Waals surface area contributed by atoms with E-state index in [-0.39, 0.29) is 12.5 Å². The summed E-state index contributed by atoms with van der Waals surface area (Å²) in [5.74, 6) is -0.106. The van der Waals surface area contributed by atoms with Gasteiger partial charge in [-0.05, 0) is 43.0 Å². The van der Waals surface area contributed by atoms with Crippen molar-refractivity contribution in [3.8, 4) is 0 Å². The highest BCUT2D eigenvalue weighted by atomic mass is 19.4. The number of hydroxylamine groups is 1. The monoisotopic (exact) mass is 494 g/mol. The summed E-state index contributed by atoms with van der Waals surface area (Å²) >= 11 is 0. The van der Waals surface area contributed by atoms with Crippen LogP contribution in [0.5, 0.6) is 0 Å². The highest BCUT2D eigenvalue weighted by Crippen LogP contribution is 2.28. The Morgan fingerprint density at radius 1 is 1.34 bits per heavy atom. The molecule has 2 aromatic heterocycles. The van der Waals surface area contributed by atoms with Crippen molar-refractivity contribution in [3.05, 3.63) is 59.7 Å². The van der Waals surface area contributed by atoms with Gasteiger partial charge in [0.05, 0.1) is 12.7 Å². The fourth-order valence-electron chi connectivity index (χ4n) is 3.71. The van der Waals surface area contributed by atoms with E-state index in [1.807, 2.05) is 28.8 Å². The zero-order valence-electron chi connectivity index (χ0n) is 19.0. The molecule has 0 spiro atoms. The number of hydrogen-bond acceptors (Lipinski definition) is 6. The van der Waals surface area contributed by atoms with Crippen molar-refractivity contribution >= 4 is 11.7 Å². The van der Waals surface area contributed by atoms with Gasteiger partial charge in [0.25, 0.3) is 0 Å². The van der Waals surface area contributed by atoms with Crippen LogP contribution in [0.25, 0.3) is 5.65 Å². The van der Waals surface area contributed by atoms with E-state index in [2.05, 4.69) is 21.1 Å². The number of aliphatic hydroxyl groups is 1. The van der Waals surface area contributed by atoms with Crippen molar-refractivity contribution in [2.75, 3.05) is 19.7 Å². The number of pyridine rings is 1. The van der Waals surface area contributed by atoms with Gasteiger partial charge in [0.2, 0.25) is 0 Å². The Hall–Kier alpha value is -2.93. The van der Waals surface area contributed by atoms with Crippen molar-refractivity contribution in [3.63, 3.8) is 0 Å². The van der Waals surface area contributed by atoms with E-state index in [0.717, 1.165) is 29.7 Å². The fourth-order valence-corrected chi connectivity index (χ4v) is 3.71. The molecule has 35 heavy (non-hydrogen) atoms. The molecule has 2 unspecified atom stereocenters. The van der Waals surface area contributed by atoms with Crippen LogP contribution in [-0.2, 0) is 11.4 Å². The van der Waals surface area contributed by atoms with Crippen LogP contribution in [-0.4, -0.2) is 58.5 Å². The lowest BCUT2D eigenvalue weighted by molar-refractivity contribution is -0.122. The summed E-state index contributed by atoms with van der Waals surface area (Å²) in [6, 6.07) is 3.48. The molecule has 5 N–H and O–H groups in total. The van der Waals surface area contributed by atoms with Gasteiger partial charge < -0.3 is 25.5 Å². The summed E-state index contributed by atoms with van der Waals surface area (Å²) < 4.78 is 38.8. The molecule has 2 atom stereocenters. The zero-order valence-corrected chi connectivity index (χ0v) is 19.0. The maximum absolute atomic E-state index is 12.3. The molecule has 2 aromatic rings. The van der Waals surface area contributed by atoms with Gasteiger partial charge in [0, 0.05) is 48.8 Å². The molecule has 1 saturated carbocycles. The van der Waals surface area contributed by atoms with Gasteiger partial charge >= 0.3 is 12.2 Å². The molecule has 0 saturated heterocycles. The Morgan fingerprint density at radius 3 is 2.94 bits per heavy atom. The maximum Gasteiger partial charge on any atom is 0.405 e. The van der Waals surface area contributed by atoms with E-state index in [1.54, 1.807) is 23.7 Å². The first kappa shape index (κ1) is 25.2. The Bertz CT molecular complexity index is 1080. The Balaban J connectivity index is 1.26. The second-order valence-electron chi connectivity index (χ2n) is 8.72. The second-order valence-corrected chi connectivity index (χ2v) is 8.72. The number of alkyl halides is 3. The fraction of sp³-hybridized carbons (Fsp3) is 0.478. The van der Waals surface area contributed by atoms with Gasteiger partial charge in [-0.15, -0.1) is 0 Å². The molecule has 9 nitrogen and oxygen atoms in total. The number of allylic oxidation sites excluding steroid dienone is 4. The largest absolute Gasteiger partial charge is 0.405 e. The third-order valence-corrected chi connectivity index (χ3v) is 5.66. The predicted octanol–water partition coefficient (Wildman–Crippen LogP) is 2.26. The number of amides is 2. The average Bonchev–Trinajstić information content (AvgIpc) is 3.56. The molecular formula is C23H29F3N6O3. The summed E-state index contributed by atoms with van der Waals surface area (Å²) in [4.78, 5) is 21.6. The van der Waals surface area contributed by atoms with E-state index < -0.39 is 24.9 Å². The number of fused-ring (bicyclic) bond motifs is 1. The van der Waals surface area contributed by atoms with Gasteiger partial charge in [-0.2, -0.15) is 18.7 Å². The van der Waals surface area contributed by atoms with Crippen LogP contribution >= 0.6 is 0 Å². The molecule has 1 fully saturated rings. The van der Waals surface area contributed by atoms with Crippen LogP contribution < -0.4 is 21.4 Å². The summed E-state index contributed by atoms with van der Waals surface area (Å²) in [7, 11) is 0. The van der Waals surface area contributed by atoms with Crippen molar-refractivity contribution in [2.24, 2.45) is 0 Å². The predicted molar refractivity (Wildman–Crippen MR) is 122 cm³/mol. The van der Waals surface area contributed by atoms with Gasteiger partial charge in [-0.3, -0.25) is 4.84 Å². The Labute approximate surface area is 200 Å². The van der Waals surface area contributed by atoms with Gasteiger partial charge in [-0.1, -0.05) is 12.2 Å². The van der Waals surface area contributed by atoms with Gasteiger partial charge in [-0.25, -0.2) is 9.78 Å². The molecule has 0 aromatic carbocycles. The van der Waals surface area contributed by atoms with E-state index in [4.69, 9.17) is 4.84 Å². The van der Waals surface area contributed by atoms with E-state index in [0.29, 0.717) is 31.2 Å². The molecule has 2 aliphatic carbocycles. The number of aliphatic hydroxyl groups excluding tert-OH is 1. The normalized spacial score (nSPS) is 19.0. The number of urea groups is 1. The smallest absolute Gasteiger partial charge is 0.389 e. The zero-order chi connectivity index (χ0) is 24.8. The minimum Gasteiger partial charge on any atom is -0.389 e. The van der Waals surface area contributed by atoms with E-state index in [9.17, 15) is 23.1 Å². The molecule has 12 heteroatoms. The summed E-state index contributed by atoms with van der Waals surface area (Å²) in [5, 5.41) is 17.4. The summed E-state index contributed by atoms with van der Waals surface area (Å²) in [6.07, 6.45) is 6.71. The minimum atomic E-state index is -4.47. The van der Waals surface area contributed by atoms with Crippen LogP contribution in [0, 0.1) is 0 Å². The van der Waals surface area contributed by atoms with Crippen LogP contribution in [0.4, 0.5) is 18.0 Å². The number of imidazole rings is 1. The highest BCUT2D eigenvalue weighted by Gasteiger charge is 2.28. The molecule has 0 aliphatic heterocycles. The van der Waals surface area contributed by atoms with Gasteiger partial charge in [0.15, 0.2) is 0 Å². The number of nitrogens with zero attached hydrogens (tertiary/aromatic N) is 2. The van der Waals surface area contributed by atoms with Crippen molar-refractivity contribution < 1.29 is 27.9 Å². The van der Waals surface area contributed by atoms with E-state index >= 15 is 0 Å². The lowest BCUT2D eigenvalue weighted by Crippen LogP contribution is -2.40. The van der Waals surface area contributed by atoms with Crippen LogP contribution in [0.1, 0.15) is 36.4 Å². The third kappa shape index (κ3) is 7.79. The molecule has 2 heterocycles. The molecule has 0 bridgehead atoms. The molecule has 2 amide bonds. The van der Waals surface area contributed by atoms with Crippen LogP contribution in [0.15, 0.2) is 48.5 Å². The molecule has 190 valence electrons. The van der Waals surface area contributed by atoms with Crippen molar-refractivity contribution in [1.29, 1.82) is 0 Å². The third-order valence-electron chi connectivity index (χ3n) is 5.66. The lowest BCUT2D eigenvalue weighted by atomic mass is 9.95. The van der Waals surface area contributed by atoms with Crippen LogP contribution in [0.2, 0.25) is 0 Å². The minimum absolute atomic E-state index is 0.106. The van der Waals surface area contributed by atoms with Crippen molar-refractivity contribution in [2.45, 2.75) is 50.0 Å². The number of aromatic nitrogens is 2. The average molecular weight is 495 g/mol. The molecule has 2 aliphatic rings.